The summed E-state index contributed by atoms with van der Waals surface area (Å²) < 4.78 is 5.25. The molecule has 2 aromatic carbocycles. The SMILES string of the molecule is COc1ccc(C)cc1NC(=O)/C(C#N)=C\N(C)Cc1ccccc1. The van der Waals surface area contributed by atoms with Gasteiger partial charge in [-0.3, -0.25) is 4.79 Å². The highest BCUT2D eigenvalue weighted by Crippen LogP contribution is 2.25. The molecule has 0 radical (unpaired) electrons. The topological polar surface area (TPSA) is 65.4 Å². The molecule has 0 aliphatic heterocycles. The van der Waals surface area contributed by atoms with Crippen LogP contribution in [0.4, 0.5) is 5.69 Å². The van der Waals surface area contributed by atoms with E-state index in [2.05, 4.69) is 5.32 Å². The zero-order valence-electron chi connectivity index (χ0n) is 14.6. The highest BCUT2D eigenvalue weighted by molar-refractivity contribution is 6.07. The first-order valence-electron chi connectivity index (χ1n) is 7.85. The minimum Gasteiger partial charge on any atom is -0.495 e. The number of benzene rings is 2. The fourth-order valence-electron chi connectivity index (χ4n) is 2.38. The normalized spacial score (nSPS) is 10.7. The number of amides is 1. The molecule has 0 saturated carbocycles. The fraction of sp³-hybridized carbons (Fsp3) is 0.200. The van der Waals surface area contributed by atoms with Crippen molar-refractivity contribution in [2.75, 3.05) is 19.5 Å². The highest BCUT2D eigenvalue weighted by Gasteiger charge is 2.13. The first kappa shape index (κ1) is 18.1. The molecule has 2 aromatic rings. The van der Waals surface area contributed by atoms with E-state index in [0.717, 1.165) is 11.1 Å². The van der Waals surface area contributed by atoms with Crippen LogP contribution in [0, 0.1) is 18.3 Å². The van der Waals surface area contributed by atoms with Gasteiger partial charge in [0.25, 0.3) is 5.91 Å². The quantitative estimate of drug-likeness (QED) is 0.648. The first-order chi connectivity index (χ1) is 12.0. The molecule has 5 nitrogen and oxygen atoms in total. The molecule has 0 saturated heterocycles. The van der Waals surface area contributed by atoms with E-state index in [9.17, 15) is 10.1 Å². The second kappa shape index (κ2) is 8.55. The summed E-state index contributed by atoms with van der Waals surface area (Å²) in [6, 6.07) is 17.3. The zero-order chi connectivity index (χ0) is 18.2. The molecule has 0 unspecified atom stereocenters. The third kappa shape index (κ3) is 5.11. The van der Waals surface area contributed by atoms with E-state index in [1.807, 2.05) is 56.4 Å². The third-order valence-electron chi connectivity index (χ3n) is 3.59. The number of carbonyl (C=O) groups excluding carboxylic acids is 1. The number of nitriles is 1. The molecular weight excluding hydrogens is 314 g/mol. The highest BCUT2D eigenvalue weighted by atomic mass is 16.5. The molecule has 1 amide bonds. The van der Waals surface area contributed by atoms with E-state index in [4.69, 9.17) is 4.74 Å². The Morgan fingerprint density at radius 2 is 2.00 bits per heavy atom. The van der Waals surface area contributed by atoms with Gasteiger partial charge in [-0.05, 0) is 30.2 Å². The number of nitrogens with one attached hydrogen (secondary N) is 1. The monoisotopic (exact) mass is 335 g/mol. The van der Waals surface area contributed by atoms with Crippen LogP contribution < -0.4 is 10.1 Å². The number of aryl methyl sites for hydroxylation is 1. The number of nitrogens with zero attached hydrogens (tertiary/aromatic N) is 2. The summed E-state index contributed by atoms with van der Waals surface area (Å²) in [6.45, 7) is 2.52. The van der Waals surface area contributed by atoms with Crippen molar-refractivity contribution in [3.05, 3.63) is 71.4 Å². The number of ether oxygens (including phenoxy) is 1. The van der Waals surface area contributed by atoms with Gasteiger partial charge in [0.15, 0.2) is 0 Å². The Balaban J connectivity index is 2.13. The summed E-state index contributed by atoms with van der Waals surface area (Å²) in [6.07, 6.45) is 1.55. The van der Waals surface area contributed by atoms with Crippen LogP contribution in [-0.2, 0) is 11.3 Å². The van der Waals surface area contributed by atoms with E-state index in [0.29, 0.717) is 18.0 Å². The maximum Gasteiger partial charge on any atom is 0.267 e. The van der Waals surface area contributed by atoms with Gasteiger partial charge < -0.3 is 15.0 Å². The first-order valence-corrected chi connectivity index (χ1v) is 7.85. The predicted molar refractivity (Wildman–Crippen MR) is 98.0 cm³/mol. The molecule has 0 heterocycles. The minimum atomic E-state index is -0.466. The smallest absolute Gasteiger partial charge is 0.267 e. The van der Waals surface area contributed by atoms with Gasteiger partial charge in [-0.2, -0.15) is 5.26 Å². The fourth-order valence-corrected chi connectivity index (χ4v) is 2.38. The lowest BCUT2D eigenvalue weighted by Gasteiger charge is -2.15. The van der Waals surface area contributed by atoms with Gasteiger partial charge in [0.1, 0.15) is 17.4 Å². The molecule has 0 aromatic heterocycles. The van der Waals surface area contributed by atoms with Crippen molar-refractivity contribution in [1.82, 2.24) is 4.90 Å². The van der Waals surface area contributed by atoms with E-state index in [1.165, 1.54) is 7.11 Å². The van der Waals surface area contributed by atoms with E-state index < -0.39 is 5.91 Å². The van der Waals surface area contributed by atoms with Crippen molar-refractivity contribution in [2.45, 2.75) is 13.5 Å². The molecule has 0 spiro atoms. The van der Waals surface area contributed by atoms with E-state index >= 15 is 0 Å². The Morgan fingerprint density at radius 3 is 2.64 bits per heavy atom. The molecule has 0 aliphatic rings. The second-order valence-electron chi connectivity index (χ2n) is 5.71. The lowest BCUT2D eigenvalue weighted by Crippen LogP contribution is -2.18. The maximum atomic E-state index is 12.4. The van der Waals surface area contributed by atoms with Gasteiger partial charge in [0, 0.05) is 19.8 Å². The number of anilines is 1. The van der Waals surface area contributed by atoms with Gasteiger partial charge in [0.05, 0.1) is 12.8 Å². The Hall–Kier alpha value is -3.26. The second-order valence-corrected chi connectivity index (χ2v) is 5.71. The van der Waals surface area contributed by atoms with Gasteiger partial charge in [0.2, 0.25) is 0 Å². The van der Waals surface area contributed by atoms with Crippen molar-refractivity contribution in [3.8, 4) is 11.8 Å². The minimum absolute atomic E-state index is 0.0296. The summed E-state index contributed by atoms with van der Waals surface area (Å²) in [5.41, 5.74) is 2.65. The third-order valence-corrected chi connectivity index (χ3v) is 3.59. The molecule has 0 atom stereocenters. The molecule has 25 heavy (non-hydrogen) atoms. The average molecular weight is 335 g/mol. The predicted octanol–water partition coefficient (Wildman–Crippen LogP) is 3.48. The molecular formula is C20H21N3O2. The molecule has 2 rings (SSSR count). The van der Waals surface area contributed by atoms with Crippen molar-refractivity contribution in [3.63, 3.8) is 0 Å². The number of hydrogen-bond acceptors (Lipinski definition) is 4. The van der Waals surface area contributed by atoms with Gasteiger partial charge >= 0.3 is 0 Å². The van der Waals surface area contributed by atoms with Crippen LogP contribution in [0.5, 0.6) is 5.75 Å². The summed E-state index contributed by atoms with van der Waals surface area (Å²) in [7, 11) is 3.36. The van der Waals surface area contributed by atoms with Crippen LogP contribution in [0.1, 0.15) is 11.1 Å². The van der Waals surface area contributed by atoms with Crippen LogP contribution in [0.2, 0.25) is 0 Å². The van der Waals surface area contributed by atoms with Crippen molar-refractivity contribution < 1.29 is 9.53 Å². The van der Waals surface area contributed by atoms with Crippen LogP contribution in [0.15, 0.2) is 60.3 Å². The lowest BCUT2D eigenvalue weighted by molar-refractivity contribution is -0.112. The van der Waals surface area contributed by atoms with Crippen LogP contribution >= 0.6 is 0 Å². The standard InChI is InChI=1S/C20H21N3O2/c1-15-9-10-19(25-3)18(11-15)22-20(24)17(12-21)14-23(2)13-16-7-5-4-6-8-16/h4-11,14H,13H2,1-3H3,(H,22,24)/b17-14-. The van der Waals surface area contributed by atoms with Crippen LogP contribution in [0.25, 0.3) is 0 Å². The summed E-state index contributed by atoms with van der Waals surface area (Å²) in [5, 5.41) is 12.1. The largest absolute Gasteiger partial charge is 0.495 e. The van der Waals surface area contributed by atoms with Gasteiger partial charge in [-0.1, -0.05) is 36.4 Å². The molecule has 128 valence electrons. The van der Waals surface area contributed by atoms with Crippen LogP contribution in [0.3, 0.4) is 0 Å². The Bertz CT molecular complexity index is 807. The van der Waals surface area contributed by atoms with Crippen molar-refractivity contribution in [1.29, 1.82) is 5.26 Å². The lowest BCUT2D eigenvalue weighted by atomic mass is 10.2. The van der Waals surface area contributed by atoms with Crippen molar-refractivity contribution >= 4 is 11.6 Å². The number of methoxy groups -OCH3 is 1. The van der Waals surface area contributed by atoms with E-state index in [1.54, 1.807) is 23.2 Å². The van der Waals surface area contributed by atoms with Crippen molar-refractivity contribution in [2.24, 2.45) is 0 Å². The van der Waals surface area contributed by atoms with Gasteiger partial charge in [-0.25, -0.2) is 0 Å². The molecule has 0 fully saturated rings. The Kier molecular flexibility index (Phi) is 6.19. The van der Waals surface area contributed by atoms with Crippen LogP contribution in [-0.4, -0.2) is 25.0 Å². The number of carbonyl (C=O) groups is 1. The number of hydrogen-bond donors (Lipinski definition) is 1. The summed E-state index contributed by atoms with van der Waals surface area (Å²) in [4.78, 5) is 14.2. The van der Waals surface area contributed by atoms with Gasteiger partial charge in [-0.15, -0.1) is 0 Å². The average Bonchev–Trinajstić information content (AvgIpc) is 2.60. The number of rotatable bonds is 6. The molecule has 0 bridgehead atoms. The maximum absolute atomic E-state index is 12.4. The zero-order valence-corrected chi connectivity index (χ0v) is 14.6. The van der Waals surface area contributed by atoms with E-state index in [-0.39, 0.29) is 5.57 Å². The molecule has 0 aliphatic carbocycles. The molecule has 5 heteroatoms. The Morgan fingerprint density at radius 1 is 1.28 bits per heavy atom. The summed E-state index contributed by atoms with van der Waals surface area (Å²) in [5.74, 6) is 0.0835. The Labute approximate surface area is 148 Å². The summed E-state index contributed by atoms with van der Waals surface area (Å²) >= 11 is 0. The molecule has 1 N–H and O–H groups in total.